The normalized spacial score (nSPS) is 20.2. The first-order valence-electron chi connectivity index (χ1n) is 8.06. The first kappa shape index (κ1) is 15.5. The van der Waals surface area contributed by atoms with Crippen LogP contribution in [0.5, 0.6) is 0 Å². The Balaban J connectivity index is 1.58. The zero-order valence-corrected chi connectivity index (χ0v) is 13.8. The molecule has 1 aliphatic rings. The summed E-state index contributed by atoms with van der Waals surface area (Å²) in [6, 6.07) is 9.66. The van der Waals surface area contributed by atoms with Gasteiger partial charge in [0.25, 0.3) is 5.91 Å². The van der Waals surface area contributed by atoms with Crippen LogP contribution in [0.3, 0.4) is 0 Å². The minimum atomic E-state index is -1.16. The van der Waals surface area contributed by atoms with E-state index in [1.54, 1.807) is 15.8 Å². The Morgan fingerprint density at radius 2 is 2.08 bits per heavy atom. The number of carbonyl (C=O) groups is 1. The molecule has 25 heavy (non-hydrogen) atoms. The van der Waals surface area contributed by atoms with Crippen molar-refractivity contribution in [3.63, 3.8) is 0 Å². The van der Waals surface area contributed by atoms with Crippen LogP contribution in [0.15, 0.2) is 42.7 Å². The van der Waals surface area contributed by atoms with Crippen LogP contribution in [0.1, 0.15) is 28.2 Å². The third kappa shape index (κ3) is 2.60. The van der Waals surface area contributed by atoms with Crippen LogP contribution < -0.4 is 0 Å². The van der Waals surface area contributed by atoms with Crippen molar-refractivity contribution in [2.45, 2.75) is 18.9 Å². The van der Waals surface area contributed by atoms with Gasteiger partial charge in [0.2, 0.25) is 0 Å². The van der Waals surface area contributed by atoms with Gasteiger partial charge in [-0.1, -0.05) is 18.2 Å². The molecule has 8 heteroatoms. The second-order valence-corrected chi connectivity index (χ2v) is 6.25. The van der Waals surface area contributed by atoms with Crippen LogP contribution in [-0.2, 0) is 5.60 Å². The predicted octanol–water partition coefficient (Wildman–Crippen LogP) is 1.03. The lowest BCUT2D eigenvalue weighted by Gasteiger charge is -2.21. The number of H-pyrrole nitrogens is 1. The molecule has 0 spiro atoms. The molecule has 1 fully saturated rings. The van der Waals surface area contributed by atoms with E-state index in [9.17, 15) is 9.90 Å². The van der Waals surface area contributed by atoms with Crippen molar-refractivity contribution in [2.75, 3.05) is 13.1 Å². The van der Waals surface area contributed by atoms with Crippen LogP contribution >= 0.6 is 0 Å². The highest BCUT2D eigenvalue weighted by molar-refractivity contribution is 5.95. The maximum absolute atomic E-state index is 12.9. The topological polar surface area (TPSA) is 99.9 Å². The molecule has 128 valence electrons. The van der Waals surface area contributed by atoms with Crippen molar-refractivity contribution in [3.8, 4) is 5.69 Å². The summed E-state index contributed by atoms with van der Waals surface area (Å²) in [6.07, 6.45) is 3.50. The number of para-hydroxylation sites is 1. The number of aliphatic hydroxyl groups is 1. The predicted molar refractivity (Wildman–Crippen MR) is 89.1 cm³/mol. The van der Waals surface area contributed by atoms with E-state index < -0.39 is 5.60 Å². The second-order valence-electron chi connectivity index (χ2n) is 6.25. The van der Waals surface area contributed by atoms with Crippen LogP contribution in [0.4, 0.5) is 0 Å². The molecule has 0 saturated carbocycles. The van der Waals surface area contributed by atoms with Gasteiger partial charge in [0.05, 0.1) is 35.9 Å². The van der Waals surface area contributed by atoms with Gasteiger partial charge in [-0.2, -0.15) is 20.5 Å². The van der Waals surface area contributed by atoms with Crippen LogP contribution in [0, 0.1) is 6.92 Å². The van der Waals surface area contributed by atoms with E-state index in [0.29, 0.717) is 24.2 Å². The quantitative estimate of drug-likeness (QED) is 0.743. The number of likely N-dealkylation sites (tertiary alicyclic amines) is 1. The summed E-state index contributed by atoms with van der Waals surface area (Å²) in [4.78, 5) is 14.5. The molecule has 8 nitrogen and oxygen atoms in total. The number of rotatable bonds is 3. The lowest BCUT2D eigenvalue weighted by molar-refractivity contribution is 0.0382. The Labute approximate surface area is 144 Å². The van der Waals surface area contributed by atoms with E-state index in [1.165, 1.54) is 6.20 Å². The lowest BCUT2D eigenvalue weighted by atomic mass is 10.00. The Hall–Kier alpha value is -3.00. The van der Waals surface area contributed by atoms with Crippen LogP contribution in [-0.4, -0.2) is 54.2 Å². The van der Waals surface area contributed by atoms with Gasteiger partial charge < -0.3 is 10.0 Å². The molecule has 1 aliphatic heterocycles. The van der Waals surface area contributed by atoms with E-state index in [2.05, 4.69) is 20.5 Å². The number of hydrogen-bond acceptors (Lipinski definition) is 5. The molecule has 3 heterocycles. The van der Waals surface area contributed by atoms with Gasteiger partial charge in [0, 0.05) is 13.0 Å². The van der Waals surface area contributed by atoms with Crippen molar-refractivity contribution in [1.29, 1.82) is 0 Å². The van der Waals surface area contributed by atoms with Crippen molar-refractivity contribution in [3.05, 3.63) is 59.7 Å². The molecule has 3 aromatic rings. The zero-order valence-electron chi connectivity index (χ0n) is 13.8. The van der Waals surface area contributed by atoms with E-state index in [0.717, 1.165) is 11.4 Å². The largest absolute Gasteiger partial charge is 0.381 e. The Morgan fingerprint density at radius 3 is 2.80 bits per heavy atom. The molecular formula is C17H18N6O2. The second kappa shape index (κ2) is 5.82. The number of β-amino-alcohol motifs (C(OH)–C–C–N with tert-alkyl or cyclic N) is 1. The van der Waals surface area contributed by atoms with Gasteiger partial charge in [-0.15, -0.1) is 0 Å². The Bertz CT molecular complexity index is 889. The minimum absolute atomic E-state index is 0.140. The van der Waals surface area contributed by atoms with Crippen molar-refractivity contribution in [1.82, 2.24) is 30.1 Å². The molecule has 0 radical (unpaired) electrons. The first-order chi connectivity index (χ1) is 12.1. The SMILES string of the molecule is Cc1c(C(=O)N2CCC(O)(c3cn[nH]n3)C2)cnn1-c1ccccc1. The molecule has 1 saturated heterocycles. The summed E-state index contributed by atoms with van der Waals surface area (Å²) in [6.45, 7) is 2.51. The standard InChI is InChI=1S/C17H18N6O2/c1-12-14(9-19-23(12)13-5-3-2-4-6-13)16(24)22-8-7-17(25,11-22)15-10-18-21-20-15/h2-6,9-10,25H,7-8,11H2,1H3,(H,18,20,21). The molecule has 1 amide bonds. The summed E-state index contributed by atoms with van der Waals surface area (Å²) in [5, 5.41) is 25.3. The van der Waals surface area contributed by atoms with Gasteiger partial charge in [0.1, 0.15) is 11.3 Å². The highest BCUT2D eigenvalue weighted by Crippen LogP contribution is 2.31. The van der Waals surface area contributed by atoms with E-state index >= 15 is 0 Å². The summed E-state index contributed by atoms with van der Waals surface area (Å²) in [7, 11) is 0. The number of hydrogen-bond donors (Lipinski definition) is 2. The van der Waals surface area contributed by atoms with Crippen molar-refractivity contribution in [2.24, 2.45) is 0 Å². The average Bonchev–Trinajstić information content (AvgIpc) is 3.35. The zero-order chi connectivity index (χ0) is 17.4. The number of carbonyl (C=O) groups excluding carboxylic acids is 1. The molecular weight excluding hydrogens is 320 g/mol. The number of nitrogens with zero attached hydrogens (tertiary/aromatic N) is 5. The summed E-state index contributed by atoms with van der Waals surface area (Å²) in [5.74, 6) is -0.140. The fourth-order valence-electron chi connectivity index (χ4n) is 3.22. The van der Waals surface area contributed by atoms with Gasteiger partial charge >= 0.3 is 0 Å². The third-order valence-corrected chi connectivity index (χ3v) is 4.67. The van der Waals surface area contributed by atoms with E-state index in [-0.39, 0.29) is 12.5 Å². The third-order valence-electron chi connectivity index (χ3n) is 4.67. The average molecular weight is 338 g/mol. The van der Waals surface area contributed by atoms with Gasteiger partial charge in [0.15, 0.2) is 0 Å². The lowest BCUT2D eigenvalue weighted by Crippen LogP contribution is -2.34. The van der Waals surface area contributed by atoms with Crippen molar-refractivity contribution >= 4 is 5.91 Å². The smallest absolute Gasteiger partial charge is 0.257 e. The number of benzene rings is 1. The van der Waals surface area contributed by atoms with Crippen molar-refractivity contribution < 1.29 is 9.90 Å². The van der Waals surface area contributed by atoms with Gasteiger partial charge in [-0.05, 0) is 19.1 Å². The molecule has 1 unspecified atom stereocenters. The molecule has 1 atom stereocenters. The highest BCUT2D eigenvalue weighted by Gasteiger charge is 2.42. The van der Waals surface area contributed by atoms with E-state index in [4.69, 9.17) is 0 Å². The summed E-state index contributed by atoms with van der Waals surface area (Å²) < 4.78 is 1.74. The van der Waals surface area contributed by atoms with Gasteiger partial charge in [-0.3, -0.25) is 4.79 Å². The fourth-order valence-corrected chi connectivity index (χ4v) is 3.22. The highest BCUT2D eigenvalue weighted by atomic mass is 16.3. The fraction of sp³-hybridized carbons (Fsp3) is 0.294. The number of nitrogens with one attached hydrogen (secondary N) is 1. The molecule has 0 aliphatic carbocycles. The number of aromatic amines is 1. The molecule has 1 aromatic carbocycles. The minimum Gasteiger partial charge on any atom is -0.381 e. The Morgan fingerprint density at radius 1 is 1.28 bits per heavy atom. The maximum atomic E-state index is 12.9. The summed E-state index contributed by atoms with van der Waals surface area (Å²) in [5.41, 5.74) is 1.51. The molecule has 2 N–H and O–H groups in total. The summed E-state index contributed by atoms with van der Waals surface area (Å²) >= 11 is 0. The first-order valence-corrected chi connectivity index (χ1v) is 8.06. The van der Waals surface area contributed by atoms with E-state index in [1.807, 2.05) is 37.3 Å². The molecule has 4 rings (SSSR count). The van der Waals surface area contributed by atoms with Crippen LogP contribution in [0.2, 0.25) is 0 Å². The monoisotopic (exact) mass is 338 g/mol. The van der Waals surface area contributed by atoms with Gasteiger partial charge in [-0.25, -0.2) is 4.68 Å². The molecule has 0 bridgehead atoms. The number of aromatic nitrogens is 5. The Kier molecular flexibility index (Phi) is 3.61. The maximum Gasteiger partial charge on any atom is 0.257 e. The van der Waals surface area contributed by atoms with Crippen LogP contribution in [0.25, 0.3) is 5.69 Å². The molecule has 2 aromatic heterocycles. The number of amides is 1.